The van der Waals surface area contributed by atoms with Gasteiger partial charge in [0.2, 0.25) is 0 Å². The van der Waals surface area contributed by atoms with Crippen LogP contribution in [0.2, 0.25) is 0 Å². The molecule has 0 aromatic rings. The van der Waals surface area contributed by atoms with E-state index in [1.807, 2.05) is 0 Å². The summed E-state index contributed by atoms with van der Waals surface area (Å²) in [5.41, 5.74) is 0. The average molecular weight is 285 g/mol. The lowest BCUT2D eigenvalue weighted by atomic mass is 10.2. The Morgan fingerprint density at radius 2 is 0.550 bits per heavy atom. The zero-order valence-corrected chi connectivity index (χ0v) is 13.9. The van der Waals surface area contributed by atoms with Crippen LogP contribution in [0.3, 0.4) is 0 Å². The van der Waals surface area contributed by atoms with Crippen molar-refractivity contribution in [2.45, 2.75) is 64.8 Å². The van der Waals surface area contributed by atoms with Crippen LogP contribution in [-0.4, -0.2) is 62.9 Å². The highest BCUT2D eigenvalue weighted by atomic mass is 15.1. The summed E-state index contributed by atoms with van der Waals surface area (Å²) in [5.74, 6) is 0. The predicted octanol–water partition coefficient (Wildman–Crippen LogP) is -0.109. The molecule has 5 nitrogen and oxygen atoms in total. The first-order valence-electron chi connectivity index (χ1n) is 8.14. The van der Waals surface area contributed by atoms with Crippen LogP contribution >= 0.6 is 0 Å². The van der Waals surface area contributed by atoms with E-state index in [0.717, 1.165) is 32.7 Å². The number of hydrogen-bond donors (Lipinski definition) is 5. The van der Waals surface area contributed by atoms with E-state index in [1.165, 1.54) is 0 Å². The summed E-state index contributed by atoms with van der Waals surface area (Å²) in [6, 6.07) is 2.50. The molecule has 5 heteroatoms. The molecule has 1 unspecified atom stereocenters. The Labute approximate surface area is 125 Å². The molecule has 5 atom stereocenters. The van der Waals surface area contributed by atoms with Gasteiger partial charge in [-0.3, -0.25) is 0 Å². The Morgan fingerprint density at radius 3 is 0.700 bits per heavy atom. The summed E-state index contributed by atoms with van der Waals surface area (Å²) in [6.45, 7) is 16.3. The van der Waals surface area contributed by atoms with Crippen LogP contribution < -0.4 is 26.6 Å². The zero-order chi connectivity index (χ0) is 15.0. The van der Waals surface area contributed by atoms with Gasteiger partial charge in [-0.15, -0.1) is 0 Å². The lowest BCUT2D eigenvalue weighted by Crippen LogP contribution is -2.47. The second-order valence-corrected chi connectivity index (χ2v) is 6.55. The minimum Gasteiger partial charge on any atom is -0.311 e. The van der Waals surface area contributed by atoms with Gasteiger partial charge in [-0.05, 0) is 34.6 Å². The highest BCUT2D eigenvalue weighted by Gasteiger charge is 2.11. The topological polar surface area (TPSA) is 60.1 Å². The van der Waals surface area contributed by atoms with E-state index in [1.54, 1.807) is 0 Å². The third-order valence-corrected chi connectivity index (χ3v) is 3.86. The third-order valence-electron chi connectivity index (χ3n) is 3.86. The van der Waals surface area contributed by atoms with Crippen molar-refractivity contribution in [1.82, 2.24) is 26.6 Å². The summed E-state index contributed by atoms with van der Waals surface area (Å²) in [5, 5.41) is 17.9. The molecule has 1 saturated heterocycles. The molecular weight excluding hydrogens is 250 g/mol. The van der Waals surface area contributed by atoms with Crippen LogP contribution in [0.25, 0.3) is 0 Å². The Morgan fingerprint density at radius 1 is 0.400 bits per heavy atom. The van der Waals surface area contributed by atoms with Gasteiger partial charge in [0.25, 0.3) is 0 Å². The number of nitrogens with one attached hydrogen (secondary N) is 5. The van der Waals surface area contributed by atoms with Gasteiger partial charge in [-0.1, -0.05) is 0 Å². The molecule has 1 rings (SSSR count). The molecule has 1 heterocycles. The van der Waals surface area contributed by atoms with Gasteiger partial charge in [0, 0.05) is 62.9 Å². The normalized spacial score (nSPS) is 39.8. The first kappa shape index (κ1) is 17.9. The fourth-order valence-electron chi connectivity index (χ4n) is 2.25. The molecule has 5 N–H and O–H groups in total. The second-order valence-electron chi connectivity index (χ2n) is 6.55. The van der Waals surface area contributed by atoms with E-state index >= 15 is 0 Å². The molecule has 0 aliphatic carbocycles. The minimum absolute atomic E-state index is 0.500. The summed E-state index contributed by atoms with van der Waals surface area (Å²) in [6.07, 6.45) is 0. The molecule has 0 radical (unpaired) electrons. The van der Waals surface area contributed by atoms with Crippen molar-refractivity contribution in [1.29, 1.82) is 0 Å². The van der Waals surface area contributed by atoms with E-state index in [-0.39, 0.29) is 0 Å². The van der Waals surface area contributed by atoms with Gasteiger partial charge in [-0.2, -0.15) is 0 Å². The zero-order valence-electron chi connectivity index (χ0n) is 13.9. The lowest BCUT2D eigenvalue weighted by molar-refractivity contribution is 0.416. The average Bonchev–Trinajstić information content (AvgIpc) is 2.43. The first-order chi connectivity index (χ1) is 9.47. The molecule has 1 fully saturated rings. The van der Waals surface area contributed by atoms with Crippen molar-refractivity contribution < 1.29 is 0 Å². The summed E-state index contributed by atoms with van der Waals surface area (Å²) >= 11 is 0. The van der Waals surface area contributed by atoms with E-state index in [0.29, 0.717) is 30.2 Å². The van der Waals surface area contributed by atoms with Crippen LogP contribution in [0.1, 0.15) is 34.6 Å². The third kappa shape index (κ3) is 8.17. The first-order valence-corrected chi connectivity index (χ1v) is 8.14. The lowest BCUT2D eigenvalue weighted by Gasteiger charge is -2.22. The number of rotatable bonds is 0. The van der Waals surface area contributed by atoms with E-state index in [9.17, 15) is 0 Å². The monoisotopic (exact) mass is 285 g/mol. The SMILES string of the molecule is CC1CN[C@@H](C)CN[C@@H](C)CN[C@H](C)CN[C@@H](C)CN1. The van der Waals surface area contributed by atoms with E-state index in [2.05, 4.69) is 61.2 Å². The maximum atomic E-state index is 3.58. The minimum atomic E-state index is 0.500. The van der Waals surface area contributed by atoms with Gasteiger partial charge in [0.05, 0.1) is 0 Å². The van der Waals surface area contributed by atoms with Gasteiger partial charge < -0.3 is 26.6 Å². The molecule has 0 bridgehead atoms. The van der Waals surface area contributed by atoms with Crippen LogP contribution in [0.4, 0.5) is 0 Å². The molecule has 0 aromatic carbocycles. The smallest absolute Gasteiger partial charge is 0.0164 e. The molecule has 1 aliphatic heterocycles. The Balaban J connectivity index is 2.45. The Bertz CT molecular complexity index is 170. The molecule has 1 aliphatic rings. The van der Waals surface area contributed by atoms with Crippen LogP contribution in [0.15, 0.2) is 0 Å². The van der Waals surface area contributed by atoms with Crippen molar-refractivity contribution in [3.63, 3.8) is 0 Å². The molecule has 0 spiro atoms. The predicted molar refractivity (Wildman–Crippen MR) is 87.3 cm³/mol. The second kappa shape index (κ2) is 9.68. The van der Waals surface area contributed by atoms with Crippen molar-refractivity contribution >= 4 is 0 Å². The summed E-state index contributed by atoms with van der Waals surface area (Å²) in [7, 11) is 0. The van der Waals surface area contributed by atoms with E-state index < -0.39 is 0 Å². The van der Waals surface area contributed by atoms with Gasteiger partial charge in [0.15, 0.2) is 0 Å². The maximum absolute atomic E-state index is 3.58. The van der Waals surface area contributed by atoms with Crippen LogP contribution in [-0.2, 0) is 0 Å². The fourth-order valence-corrected chi connectivity index (χ4v) is 2.25. The molecule has 0 aromatic heterocycles. The summed E-state index contributed by atoms with van der Waals surface area (Å²) in [4.78, 5) is 0. The maximum Gasteiger partial charge on any atom is 0.0164 e. The highest BCUT2D eigenvalue weighted by molar-refractivity contribution is 4.77. The summed E-state index contributed by atoms with van der Waals surface area (Å²) < 4.78 is 0. The van der Waals surface area contributed by atoms with Gasteiger partial charge >= 0.3 is 0 Å². The molecule has 120 valence electrons. The fraction of sp³-hybridized carbons (Fsp3) is 1.00. The highest BCUT2D eigenvalue weighted by Crippen LogP contribution is 1.90. The molecule has 20 heavy (non-hydrogen) atoms. The van der Waals surface area contributed by atoms with Crippen molar-refractivity contribution in [3.05, 3.63) is 0 Å². The Kier molecular flexibility index (Phi) is 8.64. The number of hydrogen-bond acceptors (Lipinski definition) is 5. The standard InChI is InChI=1S/C15H35N5/c1-11-6-17-13(3)8-19-15(5)10-20-14(4)9-18-12(2)7-16-11/h11-20H,6-10H2,1-5H3/t11-,12-,13+,14?,15-/m0/s1. The van der Waals surface area contributed by atoms with Crippen molar-refractivity contribution in [2.24, 2.45) is 0 Å². The molecule has 0 amide bonds. The largest absolute Gasteiger partial charge is 0.311 e. The van der Waals surface area contributed by atoms with E-state index in [4.69, 9.17) is 0 Å². The van der Waals surface area contributed by atoms with Crippen molar-refractivity contribution in [2.75, 3.05) is 32.7 Å². The van der Waals surface area contributed by atoms with Crippen LogP contribution in [0.5, 0.6) is 0 Å². The van der Waals surface area contributed by atoms with Crippen molar-refractivity contribution in [3.8, 4) is 0 Å². The molecular formula is C15H35N5. The van der Waals surface area contributed by atoms with Gasteiger partial charge in [-0.25, -0.2) is 0 Å². The molecule has 0 saturated carbocycles. The Hall–Kier alpha value is -0.200. The quantitative estimate of drug-likeness (QED) is 0.430. The van der Waals surface area contributed by atoms with Gasteiger partial charge in [0.1, 0.15) is 0 Å². The van der Waals surface area contributed by atoms with Crippen LogP contribution in [0, 0.1) is 0 Å².